The van der Waals surface area contributed by atoms with Crippen LogP contribution in [0, 0.1) is 0 Å². The number of amides is 1. The Kier molecular flexibility index (Phi) is 6.64. The highest BCUT2D eigenvalue weighted by molar-refractivity contribution is 5.92. The van der Waals surface area contributed by atoms with Crippen LogP contribution in [-0.2, 0) is 4.79 Å². The Labute approximate surface area is 113 Å². The number of benzene rings is 1. The minimum Gasteiger partial charge on any atom is -0.478 e. The van der Waals surface area contributed by atoms with E-state index in [9.17, 15) is 9.59 Å². The predicted molar refractivity (Wildman–Crippen MR) is 75.4 cm³/mol. The highest BCUT2D eigenvalue weighted by atomic mass is 16.4. The lowest BCUT2D eigenvalue weighted by Gasteiger charge is -2.05. The van der Waals surface area contributed by atoms with Gasteiger partial charge in [0, 0.05) is 12.1 Å². The topological polar surface area (TPSA) is 66.4 Å². The molecule has 104 valence electrons. The number of hydrogen-bond acceptors (Lipinski definition) is 2. The summed E-state index contributed by atoms with van der Waals surface area (Å²) in [7, 11) is 0. The molecule has 0 heterocycles. The summed E-state index contributed by atoms with van der Waals surface area (Å²) >= 11 is 0. The average Bonchev–Trinajstić information content (AvgIpc) is 2.39. The molecule has 0 fully saturated rings. The third kappa shape index (κ3) is 6.04. The molecule has 4 nitrogen and oxygen atoms in total. The lowest BCUT2D eigenvalue weighted by Crippen LogP contribution is -2.11. The fourth-order valence-corrected chi connectivity index (χ4v) is 1.81. The number of carboxylic acid groups (broad SMARTS) is 1. The van der Waals surface area contributed by atoms with Gasteiger partial charge in [-0.3, -0.25) is 4.79 Å². The molecule has 1 rings (SSSR count). The van der Waals surface area contributed by atoms with E-state index in [1.807, 2.05) is 0 Å². The van der Waals surface area contributed by atoms with Crippen LogP contribution in [0.25, 0.3) is 0 Å². The van der Waals surface area contributed by atoms with Crippen LogP contribution >= 0.6 is 0 Å². The van der Waals surface area contributed by atoms with E-state index in [2.05, 4.69) is 12.2 Å². The van der Waals surface area contributed by atoms with Crippen molar-refractivity contribution in [1.82, 2.24) is 0 Å². The molecule has 0 aliphatic rings. The van der Waals surface area contributed by atoms with Crippen LogP contribution in [0.1, 0.15) is 55.8 Å². The molecular formula is C15H21NO3. The van der Waals surface area contributed by atoms with Gasteiger partial charge in [0.05, 0.1) is 5.56 Å². The zero-order valence-corrected chi connectivity index (χ0v) is 11.3. The summed E-state index contributed by atoms with van der Waals surface area (Å²) in [4.78, 5) is 22.3. The quantitative estimate of drug-likeness (QED) is 0.703. The second kappa shape index (κ2) is 8.29. The molecule has 0 bridgehead atoms. The number of anilines is 1. The molecule has 0 aliphatic carbocycles. The number of carbonyl (C=O) groups excluding carboxylic acids is 1. The van der Waals surface area contributed by atoms with Crippen molar-refractivity contribution in [3.63, 3.8) is 0 Å². The number of unbranched alkanes of at least 4 members (excludes halogenated alkanes) is 4. The van der Waals surface area contributed by atoms with Gasteiger partial charge in [-0.1, -0.05) is 32.6 Å². The maximum Gasteiger partial charge on any atom is 0.335 e. The monoisotopic (exact) mass is 263 g/mol. The van der Waals surface area contributed by atoms with E-state index in [4.69, 9.17) is 5.11 Å². The van der Waals surface area contributed by atoms with Crippen LogP contribution in [0.15, 0.2) is 24.3 Å². The second-order valence-electron chi connectivity index (χ2n) is 4.59. The number of hydrogen-bond donors (Lipinski definition) is 2. The van der Waals surface area contributed by atoms with Gasteiger partial charge in [0.15, 0.2) is 0 Å². The van der Waals surface area contributed by atoms with Crippen molar-refractivity contribution in [3.8, 4) is 0 Å². The van der Waals surface area contributed by atoms with Gasteiger partial charge in [-0.15, -0.1) is 0 Å². The van der Waals surface area contributed by atoms with Crippen LogP contribution in [0.2, 0.25) is 0 Å². The van der Waals surface area contributed by atoms with Crippen molar-refractivity contribution in [2.24, 2.45) is 0 Å². The van der Waals surface area contributed by atoms with Gasteiger partial charge in [-0.05, 0) is 30.7 Å². The van der Waals surface area contributed by atoms with E-state index >= 15 is 0 Å². The van der Waals surface area contributed by atoms with Gasteiger partial charge in [0.2, 0.25) is 5.91 Å². The molecule has 0 saturated heterocycles. The molecule has 4 heteroatoms. The van der Waals surface area contributed by atoms with Crippen molar-refractivity contribution < 1.29 is 14.7 Å². The molecule has 0 aliphatic heterocycles. The Morgan fingerprint density at radius 1 is 1.05 bits per heavy atom. The number of carboxylic acids is 1. The van der Waals surface area contributed by atoms with E-state index < -0.39 is 5.97 Å². The molecule has 2 N–H and O–H groups in total. The van der Waals surface area contributed by atoms with E-state index in [0.29, 0.717) is 12.1 Å². The first kappa shape index (κ1) is 15.2. The molecule has 1 aromatic rings. The summed E-state index contributed by atoms with van der Waals surface area (Å²) in [5, 5.41) is 11.5. The van der Waals surface area contributed by atoms with Crippen molar-refractivity contribution in [1.29, 1.82) is 0 Å². The summed E-state index contributed by atoms with van der Waals surface area (Å²) in [6, 6.07) is 6.19. The number of nitrogens with one attached hydrogen (secondary N) is 1. The summed E-state index contributed by atoms with van der Waals surface area (Å²) in [5.74, 6) is -0.978. The zero-order chi connectivity index (χ0) is 14.1. The van der Waals surface area contributed by atoms with Crippen LogP contribution in [0.4, 0.5) is 5.69 Å². The van der Waals surface area contributed by atoms with E-state index in [0.717, 1.165) is 12.8 Å². The minimum atomic E-state index is -0.964. The highest BCUT2D eigenvalue weighted by Gasteiger charge is 2.04. The van der Waals surface area contributed by atoms with Crippen LogP contribution in [0.3, 0.4) is 0 Å². The van der Waals surface area contributed by atoms with Gasteiger partial charge in [-0.25, -0.2) is 4.79 Å². The Morgan fingerprint density at radius 3 is 2.26 bits per heavy atom. The van der Waals surface area contributed by atoms with Gasteiger partial charge in [0.1, 0.15) is 0 Å². The molecule has 19 heavy (non-hydrogen) atoms. The fraction of sp³-hybridized carbons (Fsp3) is 0.467. The smallest absolute Gasteiger partial charge is 0.335 e. The summed E-state index contributed by atoms with van der Waals surface area (Å²) in [6.07, 6.45) is 6.10. The lowest BCUT2D eigenvalue weighted by molar-refractivity contribution is -0.116. The minimum absolute atomic E-state index is 0.0143. The summed E-state index contributed by atoms with van der Waals surface area (Å²) < 4.78 is 0. The van der Waals surface area contributed by atoms with Gasteiger partial charge >= 0.3 is 5.97 Å². The third-order valence-electron chi connectivity index (χ3n) is 2.92. The second-order valence-corrected chi connectivity index (χ2v) is 4.59. The maximum absolute atomic E-state index is 11.6. The van der Waals surface area contributed by atoms with Crippen molar-refractivity contribution in [2.45, 2.75) is 45.4 Å². The molecule has 0 atom stereocenters. The van der Waals surface area contributed by atoms with E-state index in [1.54, 1.807) is 12.1 Å². The molecule has 0 saturated carbocycles. The van der Waals surface area contributed by atoms with E-state index in [1.165, 1.54) is 31.4 Å². The first-order chi connectivity index (χ1) is 9.13. The normalized spacial score (nSPS) is 10.2. The van der Waals surface area contributed by atoms with Crippen LogP contribution in [0.5, 0.6) is 0 Å². The van der Waals surface area contributed by atoms with Crippen LogP contribution in [-0.4, -0.2) is 17.0 Å². The van der Waals surface area contributed by atoms with Gasteiger partial charge < -0.3 is 10.4 Å². The molecule has 0 aromatic heterocycles. The van der Waals surface area contributed by atoms with Crippen molar-refractivity contribution >= 4 is 17.6 Å². The number of carbonyl (C=O) groups is 2. The molecule has 1 amide bonds. The molecule has 0 unspecified atom stereocenters. The first-order valence-electron chi connectivity index (χ1n) is 6.76. The average molecular weight is 263 g/mol. The summed E-state index contributed by atoms with van der Waals surface area (Å²) in [6.45, 7) is 2.16. The predicted octanol–water partition coefficient (Wildman–Crippen LogP) is 3.68. The SMILES string of the molecule is CCCCCCCC(=O)Nc1ccc(C(=O)O)cc1. The van der Waals surface area contributed by atoms with Gasteiger partial charge in [0.25, 0.3) is 0 Å². The largest absolute Gasteiger partial charge is 0.478 e. The molecular weight excluding hydrogens is 242 g/mol. The molecule has 1 aromatic carbocycles. The third-order valence-corrected chi connectivity index (χ3v) is 2.92. The Bertz CT molecular complexity index is 412. The first-order valence-corrected chi connectivity index (χ1v) is 6.76. The maximum atomic E-state index is 11.6. The van der Waals surface area contributed by atoms with E-state index in [-0.39, 0.29) is 11.5 Å². The number of rotatable bonds is 8. The fourth-order valence-electron chi connectivity index (χ4n) is 1.81. The Morgan fingerprint density at radius 2 is 1.68 bits per heavy atom. The number of aromatic carboxylic acids is 1. The molecule has 0 radical (unpaired) electrons. The Hall–Kier alpha value is -1.84. The van der Waals surface area contributed by atoms with Crippen molar-refractivity contribution in [3.05, 3.63) is 29.8 Å². The molecule has 0 spiro atoms. The lowest BCUT2D eigenvalue weighted by atomic mass is 10.1. The van der Waals surface area contributed by atoms with Crippen LogP contribution < -0.4 is 5.32 Å². The zero-order valence-electron chi connectivity index (χ0n) is 11.3. The van der Waals surface area contributed by atoms with Gasteiger partial charge in [-0.2, -0.15) is 0 Å². The standard InChI is InChI=1S/C15H21NO3/c1-2-3-4-5-6-7-14(17)16-13-10-8-12(9-11-13)15(18)19/h8-11H,2-7H2,1H3,(H,16,17)(H,18,19). The summed E-state index contributed by atoms with van der Waals surface area (Å²) in [5.41, 5.74) is 0.862. The highest BCUT2D eigenvalue weighted by Crippen LogP contribution is 2.11. The van der Waals surface area contributed by atoms with Crippen molar-refractivity contribution in [2.75, 3.05) is 5.32 Å². The Balaban J connectivity index is 2.30.